The molecule has 2 unspecified atom stereocenters. The zero-order valence-corrected chi connectivity index (χ0v) is 22.0. The number of hydrogen-bond donors (Lipinski definition) is 2. The van der Waals surface area contributed by atoms with Crippen molar-refractivity contribution < 1.29 is 9.59 Å². The molecular formula is C27H39ClN6O2. The SMILES string of the molecule is CC(N)CC(=O)NC(Cc1ccc(Cl)cc1)C(=O)N1CCC(Cn2cncn2)(C2CCCCC2)CC1. The number of nitrogens with zero attached hydrogens (tertiary/aromatic N) is 4. The molecule has 9 heteroatoms. The second-order valence-corrected chi connectivity index (χ2v) is 11.2. The minimum Gasteiger partial charge on any atom is -0.344 e. The number of hydrogen-bond acceptors (Lipinski definition) is 5. The predicted octanol–water partition coefficient (Wildman–Crippen LogP) is 3.59. The molecule has 2 aromatic rings. The fourth-order valence-electron chi connectivity index (χ4n) is 6.04. The van der Waals surface area contributed by atoms with E-state index in [-0.39, 0.29) is 29.7 Å². The number of carbonyl (C=O) groups excluding carboxylic acids is 2. The zero-order chi connectivity index (χ0) is 25.5. The van der Waals surface area contributed by atoms with Gasteiger partial charge in [-0.1, -0.05) is 43.0 Å². The Bertz CT molecular complexity index is 980. The van der Waals surface area contributed by atoms with E-state index in [2.05, 4.69) is 15.4 Å². The van der Waals surface area contributed by atoms with Gasteiger partial charge >= 0.3 is 0 Å². The lowest BCUT2D eigenvalue weighted by molar-refractivity contribution is -0.139. The summed E-state index contributed by atoms with van der Waals surface area (Å²) < 4.78 is 1.96. The average Bonchev–Trinajstić information content (AvgIpc) is 3.38. The topological polar surface area (TPSA) is 106 Å². The van der Waals surface area contributed by atoms with E-state index in [1.54, 1.807) is 19.6 Å². The Hall–Kier alpha value is -2.45. The van der Waals surface area contributed by atoms with Crippen LogP contribution in [0, 0.1) is 11.3 Å². The standard InChI is InChI=1S/C27H39ClN6O2/c1-20(29)15-25(35)32-24(16-21-7-9-23(28)10-8-21)26(36)33-13-11-27(12-14-33,17-34-19-30-18-31-34)22-5-3-2-4-6-22/h7-10,18-20,22,24H,2-6,11-17,29H2,1H3,(H,32,35). The van der Waals surface area contributed by atoms with Crippen LogP contribution in [0.25, 0.3) is 0 Å². The van der Waals surface area contributed by atoms with Crippen molar-refractivity contribution in [2.24, 2.45) is 17.1 Å². The van der Waals surface area contributed by atoms with Gasteiger partial charge in [-0.25, -0.2) is 4.98 Å². The minimum atomic E-state index is -0.630. The molecular weight excluding hydrogens is 476 g/mol. The lowest BCUT2D eigenvalue weighted by atomic mass is 9.63. The van der Waals surface area contributed by atoms with Crippen LogP contribution in [0.2, 0.25) is 5.02 Å². The third kappa shape index (κ3) is 6.85. The van der Waals surface area contributed by atoms with Gasteiger partial charge in [0.15, 0.2) is 0 Å². The molecule has 1 aliphatic heterocycles. The number of benzene rings is 1. The van der Waals surface area contributed by atoms with E-state index < -0.39 is 6.04 Å². The van der Waals surface area contributed by atoms with Crippen molar-refractivity contribution in [1.29, 1.82) is 0 Å². The van der Waals surface area contributed by atoms with Gasteiger partial charge in [0.2, 0.25) is 11.8 Å². The van der Waals surface area contributed by atoms with E-state index in [1.807, 2.05) is 33.8 Å². The summed E-state index contributed by atoms with van der Waals surface area (Å²) in [6, 6.07) is 6.54. The van der Waals surface area contributed by atoms with Crippen LogP contribution in [0.1, 0.15) is 63.9 Å². The van der Waals surface area contributed by atoms with Gasteiger partial charge in [-0.2, -0.15) is 5.10 Å². The van der Waals surface area contributed by atoms with Gasteiger partial charge in [0.25, 0.3) is 0 Å². The lowest BCUT2D eigenvalue weighted by Gasteiger charge is -2.48. The Kier molecular flexibility index (Phi) is 9.01. The molecule has 8 nitrogen and oxygen atoms in total. The van der Waals surface area contributed by atoms with Gasteiger partial charge < -0.3 is 16.0 Å². The van der Waals surface area contributed by atoms with Gasteiger partial charge in [0.05, 0.1) is 0 Å². The number of likely N-dealkylation sites (tertiary alicyclic amines) is 1. The van der Waals surface area contributed by atoms with E-state index in [9.17, 15) is 9.59 Å². The molecule has 1 aliphatic carbocycles. The maximum absolute atomic E-state index is 13.7. The average molecular weight is 515 g/mol. The normalized spacial score (nSPS) is 20.0. The van der Waals surface area contributed by atoms with Crippen LogP contribution >= 0.6 is 11.6 Å². The maximum atomic E-state index is 13.7. The summed E-state index contributed by atoms with van der Waals surface area (Å²) in [6.45, 7) is 4.01. The predicted molar refractivity (Wildman–Crippen MR) is 140 cm³/mol. The monoisotopic (exact) mass is 514 g/mol. The Morgan fingerprint density at radius 2 is 1.86 bits per heavy atom. The number of carbonyl (C=O) groups is 2. The number of amides is 2. The summed E-state index contributed by atoms with van der Waals surface area (Å²) in [4.78, 5) is 32.4. The molecule has 4 rings (SSSR count). The highest BCUT2D eigenvalue weighted by atomic mass is 35.5. The highest BCUT2D eigenvalue weighted by Gasteiger charge is 2.43. The van der Waals surface area contributed by atoms with Crippen LogP contribution < -0.4 is 11.1 Å². The molecule has 3 N–H and O–H groups in total. The van der Waals surface area contributed by atoms with Crippen LogP contribution in [0.15, 0.2) is 36.9 Å². The first-order chi connectivity index (χ1) is 17.3. The number of nitrogens with two attached hydrogens (primary N) is 1. The van der Waals surface area contributed by atoms with Crippen LogP contribution in [0.4, 0.5) is 0 Å². The molecule has 2 aliphatic rings. The Balaban J connectivity index is 1.47. The Morgan fingerprint density at radius 1 is 1.17 bits per heavy atom. The largest absolute Gasteiger partial charge is 0.344 e. The summed E-state index contributed by atoms with van der Waals surface area (Å²) >= 11 is 6.05. The summed E-state index contributed by atoms with van der Waals surface area (Å²) in [7, 11) is 0. The van der Waals surface area contributed by atoms with Gasteiger partial charge in [-0.05, 0) is 61.6 Å². The van der Waals surface area contributed by atoms with E-state index in [1.165, 1.54) is 32.1 Å². The third-order valence-electron chi connectivity index (χ3n) is 7.98. The molecule has 2 heterocycles. The maximum Gasteiger partial charge on any atom is 0.245 e. The molecule has 0 radical (unpaired) electrons. The van der Waals surface area contributed by atoms with Crippen molar-refractivity contribution in [3.63, 3.8) is 0 Å². The number of rotatable bonds is 9. The molecule has 0 spiro atoms. The second-order valence-electron chi connectivity index (χ2n) is 10.7. The lowest BCUT2D eigenvalue weighted by Crippen LogP contribution is -2.55. The van der Waals surface area contributed by atoms with Gasteiger partial charge in [0, 0.05) is 43.5 Å². The molecule has 1 saturated carbocycles. The minimum absolute atomic E-state index is 0.0269. The van der Waals surface area contributed by atoms with Gasteiger partial charge in [-0.15, -0.1) is 0 Å². The highest BCUT2D eigenvalue weighted by molar-refractivity contribution is 6.30. The number of nitrogens with one attached hydrogen (secondary N) is 1. The second kappa shape index (κ2) is 12.2. The van der Waals surface area contributed by atoms with Crippen molar-refractivity contribution >= 4 is 23.4 Å². The molecule has 36 heavy (non-hydrogen) atoms. The van der Waals surface area contributed by atoms with Crippen molar-refractivity contribution in [1.82, 2.24) is 25.0 Å². The molecule has 1 saturated heterocycles. The number of piperidine rings is 1. The summed E-state index contributed by atoms with van der Waals surface area (Å²) in [6.07, 6.45) is 12.2. The van der Waals surface area contributed by atoms with Gasteiger partial charge in [0.1, 0.15) is 18.7 Å². The van der Waals surface area contributed by atoms with Gasteiger partial charge in [-0.3, -0.25) is 14.3 Å². The zero-order valence-electron chi connectivity index (χ0n) is 21.2. The molecule has 1 aromatic heterocycles. The first-order valence-corrected chi connectivity index (χ1v) is 13.6. The molecule has 2 amide bonds. The summed E-state index contributed by atoms with van der Waals surface area (Å²) in [5, 5.41) is 8.01. The number of halogens is 1. The fourth-order valence-corrected chi connectivity index (χ4v) is 6.17. The van der Waals surface area contributed by atoms with Crippen molar-refractivity contribution in [2.45, 2.75) is 83.3 Å². The molecule has 0 bridgehead atoms. The molecule has 196 valence electrons. The third-order valence-corrected chi connectivity index (χ3v) is 8.23. The molecule has 1 aromatic carbocycles. The van der Waals surface area contributed by atoms with Crippen molar-refractivity contribution in [3.05, 3.63) is 47.5 Å². The number of aromatic nitrogens is 3. The summed E-state index contributed by atoms with van der Waals surface area (Å²) in [5.41, 5.74) is 6.91. The molecule has 2 fully saturated rings. The van der Waals surface area contributed by atoms with E-state index in [4.69, 9.17) is 17.3 Å². The van der Waals surface area contributed by atoms with E-state index >= 15 is 0 Å². The quantitative estimate of drug-likeness (QED) is 0.532. The molecule has 2 atom stereocenters. The van der Waals surface area contributed by atoms with Crippen LogP contribution in [-0.4, -0.2) is 56.7 Å². The van der Waals surface area contributed by atoms with E-state index in [0.717, 1.165) is 24.9 Å². The van der Waals surface area contributed by atoms with Crippen molar-refractivity contribution in [3.8, 4) is 0 Å². The first-order valence-electron chi connectivity index (χ1n) is 13.3. The van der Waals surface area contributed by atoms with Crippen LogP contribution in [0.5, 0.6) is 0 Å². The summed E-state index contributed by atoms with van der Waals surface area (Å²) in [5.74, 6) is 0.418. The van der Waals surface area contributed by atoms with Crippen LogP contribution in [-0.2, 0) is 22.6 Å². The highest BCUT2D eigenvalue weighted by Crippen LogP contribution is 2.47. The smallest absolute Gasteiger partial charge is 0.245 e. The van der Waals surface area contributed by atoms with Crippen molar-refractivity contribution in [2.75, 3.05) is 13.1 Å². The first kappa shape index (κ1) is 26.6. The van der Waals surface area contributed by atoms with Crippen LogP contribution in [0.3, 0.4) is 0 Å². The fraction of sp³-hybridized carbons (Fsp3) is 0.630. The Morgan fingerprint density at radius 3 is 2.47 bits per heavy atom. The van der Waals surface area contributed by atoms with E-state index in [0.29, 0.717) is 30.5 Å². The Labute approximate surface area is 219 Å².